The lowest BCUT2D eigenvalue weighted by Gasteiger charge is -2.04. The minimum atomic E-state index is -0.652. The first kappa shape index (κ1) is 10.7. The second-order valence-electron chi connectivity index (χ2n) is 2.24. The number of hydrogen-bond donors (Lipinski definition) is 0. The monoisotopic (exact) mass is 167 g/mol. The molecule has 12 heavy (non-hydrogen) atoms. The van der Waals surface area contributed by atoms with E-state index in [1.54, 1.807) is 13.0 Å². The Morgan fingerprint density at radius 3 is 2.83 bits per heavy atom. The van der Waals surface area contributed by atoms with Crippen LogP contribution < -0.4 is 0 Å². The third-order valence-electron chi connectivity index (χ3n) is 1.33. The minimum Gasteiger partial charge on any atom is -0.465 e. The SMILES string of the molecule is C/C=C/CC(C#N)C(=O)OCC. The Kier molecular flexibility index (Phi) is 5.72. The topological polar surface area (TPSA) is 50.1 Å². The zero-order valence-electron chi connectivity index (χ0n) is 7.41. The molecule has 0 radical (unpaired) electrons. The van der Waals surface area contributed by atoms with E-state index in [0.717, 1.165) is 0 Å². The van der Waals surface area contributed by atoms with Crippen molar-refractivity contribution in [1.29, 1.82) is 5.26 Å². The van der Waals surface area contributed by atoms with Crippen LogP contribution in [-0.4, -0.2) is 12.6 Å². The smallest absolute Gasteiger partial charge is 0.323 e. The van der Waals surface area contributed by atoms with Gasteiger partial charge in [0.1, 0.15) is 5.92 Å². The predicted molar refractivity (Wildman–Crippen MR) is 45.2 cm³/mol. The van der Waals surface area contributed by atoms with Crippen LogP contribution in [0.1, 0.15) is 20.3 Å². The highest BCUT2D eigenvalue weighted by Gasteiger charge is 2.16. The molecule has 0 bridgehead atoms. The van der Waals surface area contributed by atoms with Gasteiger partial charge < -0.3 is 4.74 Å². The van der Waals surface area contributed by atoms with Crippen molar-refractivity contribution in [3.05, 3.63) is 12.2 Å². The van der Waals surface area contributed by atoms with Crippen molar-refractivity contribution < 1.29 is 9.53 Å². The number of ether oxygens (including phenoxy) is 1. The summed E-state index contributed by atoms with van der Waals surface area (Å²) in [6.45, 7) is 3.90. The van der Waals surface area contributed by atoms with Crippen LogP contribution in [0.2, 0.25) is 0 Å². The molecule has 0 aromatic heterocycles. The van der Waals surface area contributed by atoms with Crippen molar-refractivity contribution in [1.82, 2.24) is 0 Å². The fourth-order valence-electron chi connectivity index (χ4n) is 0.717. The van der Waals surface area contributed by atoms with Crippen molar-refractivity contribution in [2.75, 3.05) is 6.61 Å². The average molecular weight is 167 g/mol. The lowest BCUT2D eigenvalue weighted by Crippen LogP contribution is -2.15. The molecule has 0 spiro atoms. The first-order valence-corrected chi connectivity index (χ1v) is 3.93. The third-order valence-corrected chi connectivity index (χ3v) is 1.33. The number of hydrogen-bond acceptors (Lipinski definition) is 3. The van der Waals surface area contributed by atoms with E-state index in [1.807, 2.05) is 19.1 Å². The molecule has 3 nitrogen and oxygen atoms in total. The zero-order chi connectivity index (χ0) is 9.40. The largest absolute Gasteiger partial charge is 0.465 e. The average Bonchev–Trinajstić information content (AvgIpc) is 2.06. The highest BCUT2D eigenvalue weighted by atomic mass is 16.5. The van der Waals surface area contributed by atoms with Crippen LogP contribution >= 0.6 is 0 Å². The summed E-state index contributed by atoms with van der Waals surface area (Å²) >= 11 is 0. The molecule has 0 aliphatic carbocycles. The maximum atomic E-state index is 11.0. The van der Waals surface area contributed by atoms with Gasteiger partial charge in [-0.3, -0.25) is 4.79 Å². The van der Waals surface area contributed by atoms with Gasteiger partial charge in [0.2, 0.25) is 0 Å². The van der Waals surface area contributed by atoms with E-state index in [4.69, 9.17) is 10.00 Å². The first-order valence-electron chi connectivity index (χ1n) is 3.93. The first-order chi connectivity index (χ1) is 5.76. The molecule has 3 heteroatoms. The molecular weight excluding hydrogens is 154 g/mol. The van der Waals surface area contributed by atoms with Crippen LogP contribution in [0.25, 0.3) is 0 Å². The summed E-state index contributed by atoms with van der Waals surface area (Å²) in [7, 11) is 0. The van der Waals surface area contributed by atoms with Gasteiger partial charge in [-0.1, -0.05) is 12.2 Å². The van der Waals surface area contributed by atoms with E-state index in [9.17, 15) is 4.79 Å². The highest BCUT2D eigenvalue weighted by Crippen LogP contribution is 2.05. The second-order valence-corrected chi connectivity index (χ2v) is 2.24. The maximum Gasteiger partial charge on any atom is 0.323 e. The molecule has 0 aliphatic rings. The van der Waals surface area contributed by atoms with E-state index in [-0.39, 0.29) is 0 Å². The Balaban J connectivity index is 3.98. The molecule has 0 aliphatic heterocycles. The van der Waals surface area contributed by atoms with E-state index >= 15 is 0 Å². The molecular formula is C9H13NO2. The second kappa shape index (κ2) is 6.41. The third kappa shape index (κ3) is 3.77. The highest BCUT2D eigenvalue weighted by molar-refractivity contribution is 5.75. The number of esters is 1. The summed E-state index contributed by atoms with van der Waals surface area (Å²) < 4.78 is 4.70. The van der Waals surface area contributed by atoms with Crippen molar-refractivity contribution >= 4 is 5.97 Å². The van der Waals surface area contributed by atoms with E-state index < -0.39 is 11.9 Å². The predicted octanol–water partition coefficient (Wildman–Crippen LogP) is 1.66. The Bertz CT molecular complexity index is 203. The molecule has 0 saturated heterocycles. The molecule has 66 valence electrons. The summed E-state index contributed by atoms with van der Waals surface area (Å²) in [5.41, 5.74) is 0. The van der Waals surface area contributed by atoms with Crippen molar-refractivity contribution in [2.45, 2.75) is 20.3 Å². The van der Waals surface area contributed by atoms with Gasteiger partial charge in [0.05, 0.1) is 12.7 Å². The lowest BCUT2D eigenvalue weighted by molar-refractivity contribution is -0.145. The lowest BCUT2D eigenvalue weighted by atomic mass is 10.1. The Morgan fingerprint density at radius 1 is 1.75 bits per heavy atom. The van der Waals surface area contributed by atoms with Crippen molar-refractivity contribution in [2.24, 2.45) is 5.92 Å². The van der Waals surface area contributed by atoms with Gasteiger partial charge in [-0.05, 0) is 20.3 Å². The van der Waals surface area contributed by atoms with Gasteiger partial charge in [-0.2, -0.15) is 5.26 Å². The molecule has 0 heterocycles. The van der Waals surface area contributed by atoms with Crippen LogP contribution in [-0.2, 0) is 9.53 Å². The van der Waals surface area contributed by atoms with Crippen LogP contribution in [0, 0.1) is 17.2 Å². The molecule has 0 aromatic rings. The van der Waals surface area contributed by atoms with E-state index in [0.29, 0.717) is 13.0 Å². The Labute approximate surface area is 72.6 Å². The van der Waals surface area contributed by atoms with Crippen molar-refractivity contribution in [3.8, 4) is 6.07 Å². The summed E-state index contributed by atoms with van der Waals surface area (Å²) in [6.07, 6.45) is 4.03. The molecule has 1 atom stereocenters. The van der Waals surface area contributed by atoms with E-state index in [2.05, 4.69) is 0 Å². The quantitative estimate of drug-likeness (QED) is 0.472. The molecule has 0 amide bonds. The molecule has 0 saturated carbocycles. The van der Waals surface area contributed by atoms with Crippen LogP contribution in [0.4, 0.5) is 0 Å². The van der Waals surface area contributed by atoms with Crippen LogP contribution in [0.3, 0.4) is 0 Å². The molecule has 0 rings (SSSR count). The van der Waals surface area contributed by atoms with Gasteiger partial charge >= 0.3 is 5.97 Å². The number of carbonyl (C=O) groups excluding carboxylic acids is 1. The summed E-state index contributed by atoms with van der Waals surface area (Å²) in [4.78, 5) is 11.0. The van der Waals surface area contributed by atoms with Gasteiger partial charge in [-0.25, -0.2) is 0 Å². The van der Waals surface area contributed by atoms with Gasteiger partial charge in [0.25, 0.3) is 0 Å². The van der Waals surface area contributed by atoms with Crippen LogP contribution in [0.5, 0.6) is 0 Å². The number of allylic oxidation sites excluding steroid dienone is 2. The maximum absolute atomic E-state index is 11.0. The van der Waals surface area contributed by atoms with Gasteiger partial charge in [-0.15, -0.1) is 0 Å². The van der Waals surface area contributed by atoms with Crippen molar-refractivity contribution in [3.63, 3.8) is 0 Å². The fourth-order valence-corrected chi connectivity index (χ4v) is 0.717. The number of rotatable bonds is 4. The Morgan fingerprint density at radius 2 is 2.42 bits per heavy atom. The van der Waals surface area contributed by atoms with Gasteiger partial charge in [0.15, 0.2) is 0 Å². The summed E-state index contributed by atoms with van der Waals surface area (Å²) in [5.74, 6) is -1.08. The normalized spacial score (nSPS) is 12.4. The molecule has 0 fully saturated rings. The standard InChI is InChI=1S/C9H13NO2/c1-3-5-6-8(7-10)9(11)12-4-2/h3,5,8H,4,6H2,1-2H3/b5-3+. The fraction of sp³-hybridized carbons (Fsp3) is 0.556. The van der Waals surface area contributed by atoms with Crippen LogP contribution in [0.15, 0.2) is 12.2 Å². The number of nitriles is 1. The Hall–Kier alpha value is -1.30. The molecule has 0 aromatic carbocycles. The number of nitrogens with zero attached hydrogens (tertiary/aromatic N) is 1. The molecule has 1 unspecified atom stereocenters. The molecule has 0 N–H and O–H groups in total. The van der Waals surface area contributed by atoms with E-state index in [1.165, 1.54) is 0 Å². The summed E-state index contributed by atoms with van der Waals surface area (Å²) in [5, 5.41) is 8.56. The minimum absolute atomic E-state index is 0.326. The zero-order valence-corrected chi connectivity index (χ0v) is 7.41. The van der Waals surface area contributed by atoms with Gasteiger partial charge in [0, 0.05) is 0 Å². The summed E-state index contributed by atoms with van der Waals surface area (Å²) in [6, 6.07) is 1.90. The number of carbonyl (C=O) groups is 1.